The molecule has 0 radical (unpaired) electrons. The highest BCUT2D eigenvalue weighted by Crippen LogP contribution is 2.26. The molecule has 0 amide bonds. The third kappa shape index (κ3) is 3.47. The lowest BCUT2D eigenvalue weighted by molar-refractivity contribution is -0.118. The van der Waals surface area contributed by atoms with Gasteiger partial charge in [-0.3, -0.25) is 4.79 Å². The molecule has 0 spiro atoms. The molecule has 0 bridgehead atoms. The summed E-state index contributed by atoms with van der Waals surface area (Å²) in [5.41, 5.74) is 0.908. The van der Waals surface area contributed by atoms with E-state index < -0.39 is 15.1 Å². The topological polar surface area (TPSA) is 64.1 Å². The fourth-order valence-electron chi connectivity index (χ4n) is 2.32. The zero-order chi connectivity index (χ0) is 15.0. The van der Waals surface area contributed by atoms with Gasteiger partial charge in [0.05, 0.1) is 17.9 Å². The smallest absolute Gasteiger partial charge is 0.160 e. The van der Waals surface area contributed by atoms with Gasteiger partial charge < -0.3 is 0 Å². The molecule has 2 heterocycles. The summed E-state index contributed by atoms with van der Waals surface area (Å²) >= 11 is 1.44. The van der Waals surface area contributed by atoms with Crippen LogP contribution < -0.4 is 0 Å². The van der Waals surface area contributed by atoms with Gasteiger partial charge in [0, 0.05) is 10.8 Å². The van der Waals surface area contributed by atoms with Gasteiger partial charge >= 0.3 is 0 Å². The average Bonchev–Trinajstić information content (AvgIpc) is 2.76. The number of carbonyl (C=O) groups is 1. The zero-order valence-corrected chi connectivity index (χ0v) is 13.8. The Labute approximate surface area is 124 Å². The van der Waals surface area contributed by atoms with E-state index in [1.54, 1.807) is 0 Å². The highest BCUT2D eigenvalue weighted by atomic mass is 32.2. The molecule has 1 aliphatic heterocycles. The Kier molecular flexibility index (Phi) is 4.35. The first kappa shape index (κ1) is 15.6. The molecule has 0 saturated carbocycles. The first-order chi connectivity index (χ1) is 9.20. The van der Waals surface area contributed by atoms with E-state index >= 15 is 0 Å². The van der Waals surface area contributed by atoms with Gasteiger partial charge in [-0.25, -0.2) is 13.4 Å². The Morgan fingerprint density at radius 1 is 1.40 bits per heavy atom. The summed E-state index contributed by atoms with van der Waals surface area (Å²) in [5, 5.41) is 1.87. The fraction of sp³-hybridized carbons (Fsp3) is 0.714. The Morgan fingerprint density at radius 2 is 2.10 bits per heavy atom. The summed E-state index contributed by atoms with van der Waals surface area (Å²) < 4.78 is 23.9. The highest BCUT2D eigenvalue weighted by Gasteiger charge is 2.34. The van der Waals surface area contributed by atoms with Gasteiger partial charge in [0.2, 0.25) is 0 Å². The van der Waals surface area contributed by atoms with Crippen molar-refractivity contribution in [2.75, 3.05) is 5.75 Å². The van der Waals surface area contributed by atoms with Crippen molar-refractivity contribution >= 4 is 27.0 Å². The number of aromatic nitrogens is 1. The van der Waals surface area contributed by atoms with Gasteiger partial charge in [0.25, 0.3) is 0 Å². The molecule has 4 nitrogen and oxygen atoms in total. The van der Waals surface area contributed by atoms with E-state index in [0.29, 0.717) is 12.8 Å². The first-order valence-corrected chi connectivity index (χ1v) is 9.49. The van der Waals surface area contributed by atoms with Gasteiger partial charge in [0.15, 0.2) is 15.6 Å². The van der Waals surface area contributed by atoms with Crippen LogP contribution in [-0.2, 0) is 26.5 Å². The van der Waals surface area contributed by atoms with Gasteiger partial charge in [0.1, 0.15) is 10.3 Å². The summed E-state index contributed by atoms with van der Waals surface area (Å²) in [6.07, 6.45) is 2.11. The third-order valence-electron chi connectivity index (χ3n) is 3.58. The second kappa shape index (κ2) is 5.56. The van der Waals surface area contributed by atoms with Crippen molar-refractivity contribution in [3.8, 4) is 0 Å². The van der Waals surface area contributed by atoms with E-state index in [-0.39, 0.29) is 23.4 Å². The number of carbonyl (C=O) groups excluding carboxylic acids is 1. The summed E-state index contributed by atoms with van der Waals surface area (Å²) in [6.45, 7) is 6.21. The van der Waals surface area contributed by atoms with E-state index in [0.717, 1.165) is 17.1 Å². The summed E-state index contributed by atoms with van der Waals surface area (Å²) in [7, 11) is -3.24. The maximum atomic E-state index is 12.2. The highest BCUT2D eigenvalue weighted by molar-refractivity contribution is 7.92. The van der Waals surface area contributed by atoms with Gasteiger partial charge in [-0.2, -0.15) is 0 Å². The van der Waals surface area contributed by atoms with E-state index in [2.05, 4.69) is 25.8 Å². The lowest BCUT2D eigenvalue weighted by Gasteiger charge is -2.20. The first-order valence-electron chi connectivity index (χ1n) is 6.89. The number of hydrogen-bond acceptors (Lipinski definition) is 5. The van der Waals surface area contributed by atoms with Crippen LogP contribution in [0.1, 0.15) is 50.7 Å². The molecule has 1 fully saturated rings. The van der Waals surface area contributed by atoms with Gasteiger partial charge in [-0.05, 0) is 12.8 Å². The minimum absolute atomic E-state index is 0.0469. The molecular weight excluding hydrogens is 294 g/mol. The number of thiazole rings is 1. The monoisotopic (exact) mass is 315 g/mol. The standard InChI is InChI=1S/C14H21NO3S2/c1-14(2,3)12-9-19-13(15-12)8-10(16)11-6-4-5-7-20(11,17)18/h9,11H,4-8H2,1-3H3. The molecule has 20 heavy (non-hydrogen) atoms. The Morgan fingerprint density at radius 3 is 2.65 bits per heavy atom. The van der Waals surface area contributed by atoms with Crippen molar-refractivity contribution in [3.05, 3.63) is 16.1 Å². The molecule has 6 heteroatoms. The van der Waals surface area contributed by atoms with E-state index in [1.165, 1.54) is 11.3 Å². The van der Waals surface area contributed by atoms with Crippen molar-refractivity contribution in [2.24, 2.45) is 0 Å². The largest absolute Gasteiger partial charge is 0.298 e. The molecule has 0 aliphatic carbocycles. The molecular formula is C14H21NO3S2. The van der Waals surface area contributed by atoms with Crippen LogP contribution in [0.25, 0.3) is 0 Å². The zero-order valence-electron chi connectivity index (χ0n) is 12.2. The van der Waals surface area contributed by atoms with E-state index in [1.807, 2.05) is 5.38 Å². The fourth-order valence-corrected chi connectivity index (χ4v) is 5.25. The van der Waals surface area contributed by atoms with Gasteiger partial charge in [-0.1, -0.05) is 27.2 Å². The maximum absolute atomic E-state index is 12.2. The molecule has 1 aliphatic rings. The van der Waals surface area contributed by atoms with E-state index in [9.17, 15) is 13.2 Å². The Balaban J connectivity index is 2.10. The molecule has 0 aromatic carbocycles. The van der Waals surface area contributed by atoms with Crippen LogP contribution in [0.4, 0.5) is 0 Å². The molecule has 2 rings (SSSR count). The number of hydrogen-bond donors (Lipinski definition) is 0. The van der Waals surface area contributed by atoms with Crippen molar-refractivity contribution in [3.63, 3.8) is 0 Å². The van der Waals surface area contributed by atoms with Crippen LogP contribution in [0.5, 0.6) is 0 Å². The van der Waals surface area contributed by atoms with Crippen LogP contribution in [0.15, 0.2) is 5.38 Å². The Hall–Kier alpha value is -0.750. The quantitative estimate of drug-likeness (QED) is 0.860. The van der Waals surface area contributed by atoms with Crippen molar-refractivity contribution < 1.29 is 13.2 Å². The second-order valence-corrected chi connectivity index (χ2v) is 9.62. The number of rotatable bonds is 3. The molecule has 1 atom stereocenters. The van der Waals surface area contributed by atoms with Crippen LogP contribution in [0, 0.1) is 0 Å². The maximum Gasteiger partial charge on any atom is 0.160 e. The Bertz CT molecular complexity index is 596. The van der Waals surface area contributed by atoms with Crippen molar-refractivity contribution in [1.82, 2.24) is 4.98 Å². The lowest BCUT2D eigenvalue weighted by Crippen LogP contribution is -2.36. The van der Waals surface area contributed by atoms with Crippen LogP contribution in [0.3, 0.4) is 0 Å². The normalized spacial score (nSPS) is 22.6. The number of ketones is 1. The van der Waals surface area contributed by atoms with Crippen molar-refractivity contribution in [1.29, 1.82) is 0 Å². The predicted octanol–water partition coefficient (Wildman–Crippen LogP) is 2.52. The van der Waals surface area contributed by atoms with E-state index in [4.69, 9.17) is 0 Å². The summed E-state index contributed by atoms with van der Waals surface area (Å²) in [6, 6.07) is 0. The molecule has 0 N–H and O–H groups in total. The SMILES string of the molecule is CC(C)(C)c1csc(CC(=O)C2CCCCS2(=O)=O)n1. The minimum Gasteiger partial charge on any atom is -0.298 e. The van der Waals surface area contributed by atoms with Crippen LogP contribution in [-0.4, -0.2) is 30.2 Å². The van der Waals surface area contributed by atoms with Crippen LogP contribution >= 0.6 is 11.3 Å². The molecule has 112 valence electrons. The summed E-state index contributed by atoms with van der Waals surface area (Å²) in [4.78, 5) is 16.7. The third-order valence-corrected chi connectivity index (χ3v) is 6.66. The molecule has 1 unspecified atom stereocenters. The molecule has 1 saturated heterocycles. The number of Topliss-reactive ketones (excluding diaryl/α,β-unsaturated/α-hetero) is 1. The lowest BCUT2D eigenvalue weighted by atomic mass is 9.93. The molecule has 1 aromatic rings. The van der Waals surface area contributed by atoms with Crippen molar-refractivity contribution in [2.45, 2.75) is 57.1 Å². The minimum atomic E-state index is -3.24. The predicted molar refractivity (Wildman–Crippen MR) is 81.0 cm³/mol. The average molecular weight is 315 g/mol. The van der Waals surface area contributed by atoms with Gasteiger partial charge in [-0.15, -0.1) is 11.3 Å². The number of sulfone groups is 1. The summed E-state index contributed by atoms with van der Waals surface area (Å²) in [5.74, 6) is -0.0476. The van der Waals surface area contributed by atoms with Crippen LogP contribution in [0.2, 0.25) is 0 Å². The molecule has 1 aromatic heterocycles. The second-order valence-electron chi connectivity index (χ2n) is 6.37. The number of nitrogens with zero attached hydrogens (tertiary/aromatic N) is 1.